The maximum atomic E-state index is 4.65. The van der Waals surface area contributed by atoms with E-state index in [0.717, 1.165) is 49.5 Å². The number of nitrogens with one attached hydrogen (secondary N) is 1. The lowest BCUT2D eigenvalue weighted by Crippen LogP contribution is -2.26. The fraction of sp³-hybridized carbons (Fsp3) is 0.500. The normalized spacial score (nSPS) is 27.9. The van der Waals surface area contributed by atoms with Gasteiger partial charge in [-0.3, -0.25) is 0 Å². The molecule has 0 spiro atoms. The zero-order chi connectivity index (χ0) is 11.2. The third-order valence-electron chi connectivity index (χ3n) is 3.96. The number of anilines is 1. The van der Waals surface area contributed by atoms with Crippen molar-refractivity contribution in [2.45, 2.75) is 0 Å². The molecule has 2 aromatic rings. The van der Waals surface area contributed by atoms with E-state index in [0.29, 0.717) is 0 Å². The average molecular weight is 229 g/mol. The van der Waals surface area contributed by atoms with E-state index in [1.165, 1.54) is 0 Å². The Morgan fingerprint density at radius 2 is 2.00 bits per heavy atom. The molecule has 2 aliphatic heterocycles. The summed E-state index contributed by atoms with van der Waals surface area (Å²) >= 11 is 0. The Bertz CT molecular complexity index is 537. The van der Waals surface area contributed by atoms with Crippen LogP contribution in [0.5, 0.6) is 0 Å². The lowest BCUT2D eigenvalue weighted by molar-refractivity contribution is 0.533. The van der Waals surface area contributed by atoms with Crippen LogP contribution >= 0.6 is 0 Å². The number of aromatic nitrogens is 3. The first-order valence-electron chi connectivity index (χ1n) is 6.16. The second-order valence-corrected chi connectivity index (χ2v) is 5.00. The van der Waals surface area contributed by atoms with Crippen LogP contribution in [0.1, 0.15) is 0 Å². The van der Waals surface area contributed by atoms with E-state index in [1.54, 1.807) is 6.20 Å². The lowest BCUT2D eigenvalue weighted by Gasteiger charge is -2.18. The van der Waals surface area contributed by atoms with Gasteiger partial charge in [0, 0.05) is 38.4 Å². The van der Waals surface area contributed by atoms with Crippen molar-refractivity contribution in [3.63, 3.8) is 0 Å². The van der Waals surface area contributed by atoms with E-state index >= 15 is 0 Å². The molecule has 2 unspecified atom stereocenters. The summed E-state index contributed by atoms with van der Waals surface area (Å²) in [5.41, 5.74) is 0.928. The molecule has 2 aromatic heterocycles. The number of hydrogen-bond acceptors (Lipinski definition) is 4. The van der Waals surface area contributed by atoms with Gasteiger partial charge in [-0.2, -0.15) is 5.10 Å². The number of hydrogen-bond donors (Lipinski definition) is 1. The van der Waals surface area contributed by atoms with Gasteiger partial charge >= 0.3 is 0 Å². The molecule has 5 heteroatoms. The van der Waals surface area contributed by atoms with Crippen LogP contribution in [0.3, 0.4) is 0 Å². The molecular formula is C12H15N5. The van der Waals surface area contributed by atoms with Crippen molar-refractivity contribution in [3.05, 3.63) is 24.5 Å². The molecule has 2 saturated heterocycles. The second-order valence-electron chi connectivity index (χ2n) is 5.00. The SMILES string of the molecule is c1cc2nc(N3CC4CNCC4C3)ccn2n1. The summed E-state index contributed by atoms with van der Waals surface area (Å²) in [6.45, 7) is 4.59. The third-order valence-corrected chi connectivity index (χ3v) is 3.96. The van der Waals surface area contributed by atoms with Gasteiger partial charge < -0.3 is 10.2 Å². The second kappa shape index (κ2) is 3.43. The molecule has 4 rings (SSSR count). The van der Waals surface area contributed by atoms with Gasteiger partial charge in [0.25, 0.3) is 0 Å². The quantitative estimate of drug-likeness (QED) is 0.768. The summed E-state index contributed by atoms with van der Waals surface area (Å²) in [7, 11) is 0. The Balaban J connectivity index is 1.66. The van der Waals surface area contributed by atoms with Gasteiger partial charge in [0.2, 0.25) is 0 Å². The van der Waals surface area contributed by atoms with E-state index in [1.807, 2.05) is 16.8 Å². The molecule has 0 aliphatic carbocycles. The maximum Gasteiger partial charge on any atom is 0.157 e. The van der Waals surface area contributed by atoms with Crippen LogP contribution in [0.15, 0.2) is 24.5 Å². The Morgan fingerprint density at radius 1 is 1.18 bits per heavy atom. The average Bonchev–Trinajstić information content (AvgIpc) is 3.02. The molecule has 0 aromatic carbocycles. The van der Waals surface area contributed by atoms with Crippen molar-refractivity contribution in [3.8, 4) is 0 Å². The summed E-state index contributed by atoms with van der Waals surface area (Å²) in [5.74, 6) is 2.70. The molecule has 2 atom stereocenters. The number of rotatable bonds is 1. The van der Waals surface area contributed by atoms with Crippen LogP contribution in [0, 0.1) is 11.8 Å². The van der Waals surface area contributed by atoms with Gasteiger partial charge in [0.1, 0.15) is 5.82 Å². The van der Waals surface area contributed by atoms with Gasteiger partial charge in [0.15, 0.2) is 5.65 Å². The van der Waals surface area contributed by atoms with E-state index in [-0.39, 0.29) is 0 Å². The molecule has 88 valence electrons. The molecule has 1 N–H and O–H groups in total. The highest BCUT2D eigenvalue weighted by atomic mass is 15.3. The highest BCUT2D eigenvalue weighted by Crippen LogP contribution is 2.29. The molecular weight excluding hydrogens is 214 g/mol. The minimum Gasteiger partial charge on any atom is -0.356 e. The minimum atomic E-state index is 0.804. The van der Waals surface area contributed by atoms with E-state index in [2.05, 4.69) is 26.4 Å². The van der Waals surface area contributed by atoms with Crippen molar-refractivity contribution < 1.29 is 0 Å². The summed E-state index contributed by atoms with van der Waals surface area (Å²) in [6.07, 6.45) is 3.78. The first-order chi connectivity index (χ1) is 8.40. The van der Waals surface area contributed by atoms with Crippen LogP contribution < -0.4 is 10.2 Å². The molecule has 0 amide bonds. The van der Waals surface area contributed by atoms with Crippen molar-refractivity contribution in [2.24, 2.45) is 11.8 Å². The van der Waals surface area contributed by atoms with Crippen LogP contribution in [-0.4, -0.2) is 40.8 Å². The fourth-order valence-electron chi connectivity index (χ4n) is 3.02. The van der Waals surface area contributed by atoms with Crippen LogP contribution in [0.2, 0.25) is 0 Å². The van der Waals surface area contributed by atoms with Gasteiger partial charge in [-0.1, -0.05) is 0 Å². The minimum absolute atomic E-state index is 0.804. The smallest absolute Gasteiger partial charge is 0.157 e. The number of fused-ring (bicyclic) bond motifs is 2. The highest BCUT2D eigenvalue weighted by molar-refractivity contribution is 5.48. The van der Waals surface area contributed by atoms with Crippen molar-refractivity contribution in [2.75, 3.05) is 31.1 Å². The standard InChI is InChI=1S/C12H15N5/c1-3-14-17-4-2-11(15-12(1)17)16-7-9-5-13-6-10(9)8-16/h1-4,9-10,13H,5-8H2. The van der Waals surface area contributed by atoms with E-state index < -0.39 is 0 Å². The Hall–Kier alpha value is -1.62. The van der Waals surface area contributed by atoms with Crippen LogP contribution in [-0.2, 0) is 0 Å². The van der Waals surface area contributed by atoms with Crippen molar-refractivity contribution in [1.82, 2.24) is 19.9 Å². The van der Waals surface area contributed by atoms with Gasteiger partial charge in [-0.15, -0.1) is 0 Å². The maximum absolute atomic E-state index is 4.65. The highest BCUT2D eigenvalue weighted by Gasteiger charge is 2.36. The Morgan fingerprint density at radius 3 is 2.82 bits per heavy atom. The monoisotopic (exact) mass is 229 g/mol. The Kier molecular flexibility index (Phi) is 1.90. The van der Waals surface area contributed by atoms with Crippen LogP contribution in [0.4, 0.5) is 5.82 Å². The first kappa shape index (κ1) is 9.41. The zero-order valence-corrected chi connectivity index (χ0v) is 9.58. The van der Waals surface area contributed by atoms with Crippen molar-refractivity contribution >= 4 is 11.5 Å². The van der Waals surface area contributed by atoms with Crippen molar-refractivity contribution in [1.29, 1.82) is 0 Å². The third kappa shape index (κ3) is 1.42. The lowest BCUT2D eigenvalue weighted by atomic mass is 10.0. The zero-order valence-electron chi connectivity index (χ0n) is 9.58. The molecule has 17 heavy (non-hydrogen) atoms. The molecule has 2 aliphatic rings. The van der Waals surface area contributed by atoms with Crippen LogP contribution in [0.25, 0.3) is 5.65 Å². The molecule has 0 saturated carbocycles. The molecule has 4 heterocycles. The van der Waals surface area contributed by atoms with Gasteiger partial charge in [-0.25, -0.2) is 9.50 Å². The Labute approximate surface area is 99.4 Å². The van der Waals surface area contributed by atoms with E-state index in [9.17, 15) is 0 Å². The van der Waals surface area contributed by atoms with Gasteiger partial charge in [0.05, 0.1) is 6.20 Å². The predicted octanol–water partition coefficient (Wildman–Crippen LogP) is 0.385. The summed E-state index contributed by atoms with van der Waals surface area (Å²) in [6, 6.07) is 4.01. The summed E-state index contributed by atoms with van der Waals surface area (Å²) in [4.78, 5) is 7.06. The first-order valence-corrected chi connectivity index (χ1v) is 6.16. The number of nitrogens with zero attached hydrogens (tertiary/aromatic N) is 4. The fourth-order valence-corrected chi connectivity index (χ4v) is 3.02. The van der Waals surface area contributed by atoms with E-state index in [4.69, 9.17) is 0 Å². The largest absolute Gasteiger partial charge is 0.356 e. The predicted molar refractivity (Wildman–Crippen MR) is 65.0 cm³/mol. The summed E-state index contributed by atoms with van der Waals surface area (Å²) < 4.78 is 1.81. The molecule has 0 radical (unpaired) electrons. The summed E-state index contributed by atoms with van der Waals surface area (Å²) in [5, 5.41) is 7.63. The molecule has 0 bridgehead atoms. The van der Waals surface area contributed by atoms with Gasteiger partial charge in [-0.05, 0) is 17.9 Å². The molecule has 2 fully saturated rings. The molecule has 5 nitrogen and oxygen atoms in total. The topological polar surface area (TPSA) is 45.5 Å².